The van der Waals surface area contributed by atoms with Crippen LogP contribution in [0.4, 0.5) is 10.1 Å². The molecule has 2 N–H and O–H groups in total. The number of thiophene rings is 1. The molecule has 1 aromatic heterocycles. The van der Waals surface area contributed by atoms with Crippen LogP contribution in [0.15, 0.2) is 89.8 Å². The second kappa shape index (κ2) is 8.33. The minimum atomic E-state index is -3.73. The first-order valence-corrected chi connectivity index (χ1v) is 11.5. The number of hydrogen-bond donors (Lipinski definition) is 2. The average molecular weight is 454 g/mol. The summed E-state index contributed by atoms with van der Waals surface area (Å²) in [5.41, 5.74) is 0.869. The van der Waals surface area contributed by atoms with Crippen molar-refractivity contribution >= 4 is 32.8 Å². The number of phenols is 1. The fourth-order valence-electron chi connectivity index (χ4n) is 2.99. The maximum absolute atomic E-state index is 14.1. The lowest BCUT2D eigenvalue weighted by molar-refractivity contribution is 0.103. The van der Waals surface area contributed by atoms with Crippen molar-refractivity contribution in [3.05, 3.63) is 101 Å². The van der Waals surface area contributed by atoms with Gasteiger partial charge in [-0.3, -0.25) is 9.52 Å². The molecule has 0 saturated carbocycles. The van der Waals surface area contributed by atoms with E-state index < -0.39 is 27.4 Å². The van der Waals surface area contributed by atoms with Crippen LogP contribution in [-0.2, 0) is 10.0 Å². The van der Waals surface area contributed by atoms with E-state index in [4.69, 9.17) is 0 Å². The van der Waals surface area contributed by atoms with Gasteiger partial charge in [-0.1, -0.05) is 36.4 Å². The molecule has 0 unspecified atom stereocenters. The van der Waals surface area contributed by atoms with Crippen LogP contribution in [0.25, 0.3) is 10.4 Å². The van der Waals surface area contributed by atoms with Gasteiger partial charge in [-0.25, -0.2) is 12.8 Å². The van der Waals surface area contributed by atoms with Gasteiger partial charge in [0.1, 0.15) is 0 Å². The summed E-state index contributed by atoms with van der Waals surface area (Å²) in [5.74, 6) is -2.08. The molecule has 0 aliphatic heterocycles. The van der Waals surface area contributed by atoms with Gasteiger partial charge >= 0.3 is 0 Å². The van der Waals surface area contributed by atoms with Gasteiger partial charge in [0.05, 0.1) is 15.3 Å². The smallest absolute Gasteiger partial charge is 0.261 e. The van der Waals surface area contributed by atoms with Crippen LogP contribution in [0.5, 0.6) is 5.75 Å². The van der Waals surface area contributed by atoms with Crippen LogP contribution >= 0.6 is 11.3 Å². The Morgan fingerprint density at radius 2 is 1.65 bits per heavy atom. The van der Waals surface area contributed by atoms with E-state index in [0.717, 1.165) is 11.3 Å². The Morgan fingerprint density at radius 3 is 2.42 bits per heavy atom. The highest BCUT2D eigenvalue weighted by atomic mass is 32.2. The zero-order valence-corrected chi connectivity index (χ0v) is 17.6. The zero-order chi connectivity index (χ0) is 22.0. The van der Waals surface area contributed by atoms with Crippen LogP contribution in [0, 0.1) is 5.82 Å². The summed E-state index contributed by atoms with van der Waals surface area (Å²) >= 11 is 1.15. The number of aromatic hydroxyl groups is 1. The molecule has 4 rings (SSSR count). The third-order valence-corrected chi connectivity index (χ3v) is 7.04. The molecular formula is C23H16FNO4S2. The van der Waals surface area contributed by atoms with Gasteiger partial charge < -0.3 is 5.11 Å². The van der Waals surface area contributed by atoms with E-state index >= 15 is 0 Å². The zero-order valence-electron chi connectivity index (χ0n) is 15.9. The molecule has 31 heavy (non-hydrogen) atoms. The number of carbonyl (C=O) groups excluding carboxylic acids is 1. The molecule has 0 aliphatic rings. The Labute approximate surface area is 182 Å². The average Bonchev–Trinajstić information content (AvgIpc) is 3.26. The van der Waals surface area contributed by atoms with Gasteiger partial charge in [0, 0.05) is 10.6 Å². The van der Waals surface area contributed by atoms with Crippen molar-refractivity contribution in [3.8, 4) is 16.2 Å². The Hall–Kier alpha value is -3.49. The highest BCUT2D eigenvalue weighted by Crippen LogP contribution is 2.32. The molecular weight excluding hydrogens is 437 g/mol. The van der Waals surface area contributed by atoms with Crippen molar-refractivity contribution in [1.82, 2.24) is 0 Å². The summed E-state index contributed by atoms with van der Waals surface area (Å²) in [4.78, 5) is 13.8. The van der Waals surface area contributed by atoms with Crippen LogP contribution in [0.3, 0.4) is 0 Å². The van der Waals surface area contributed by atoms with Crippen LogP contribution in [0.2, 0.25) is 0 Å². The third-order valence-electron chi connectivity index (χ3n) is 4.51. The summed E-state index contributed by atoms with van der Waals surface area (Å²) in [6.07, 6.45) is 0. The second-order valence-electron chi connectivity index (χ2n) is 6.63. The van der Waals surface area contributed by atoms with Gasteiger partial charge in [0.15, 0.2) is 11.6 Å². The first-order chi connectivity index (χ1) is 14.8. The van der Waals surface area contributed by atoms with Crippen LogP contribution in [0.1, 0.15) is 15.2 Å². The number of phenolic OH excluding ortho intramolecular Hbond substituents is 1. The lowest BCUT2D eigenvalue weighted by Crippen LogP contribution is -2.12. The number of halogens is 1. The van der Waals surface area contributed by atoms with Crippen molar-refractivity contribution < 1.29 is 22.7 Å². The standard InChI is InChI=1S/C23H16FNO4S2/c24-22-18(10-5-11-19(22)26)23(27)21-13-12-20(30-21)15-6-4-7-16(14-15)25-31(28,29)17-8-2-1-3-9-17/h1-14,25-26H. The van der Waals surface area contributed by atoms with Gasteiger partial charge in [-0.05, 0) is 54.1 Å². The van der Waals surface area contributed by atoms with Crippen molar-refractivity contribution in [2.75, 3.05) is 4.72 Å². The summed E-state index contributed by atoms with van der Waals surface area (Å²) in [7, 11) is -3.73. The van der Waals surface area contributed by atoms with E-state index in [1.54, 1.807) is 54.6 Å². The van der Waals surface area contributed by atoms with Gasteiger partial charge in [-0.2, -0.15) is 0 Å². The summed E-state index contributed by atoms with van der Waals surface area (Å²) in [5, 5.41) is 9.50. The molecule has 0 fully saturated rings. The Bertz CT molecular complexity index is 1370. The number of sulfonamides is 1. The van der Waals surface area contributed by atoms with E-state index in [1.165, 1.54) is 30.3 Å². The molecule has 8 heteroatoms. The Morgan fingerprint density at radius 1 is 0.903 bits per heavy atom. The largest absolute Gasteiger partial charge is 0.505 e. The molecule has 0 spiro atoms. The molecule has 0 radical (unpaired) electrons. The number of anilines is 1. The minimum absolute atomic E-state index is 0.151. The molecule has 4 aromatic rings. The fourth-order valence-corrected chi connectivity index (χ4v) is 5.02. The fraction of sp³-hybridized carbons (Fsp3) is 0. The predicted molar refractivity (Wildman–Crippen MR) is 119 cm³/mol. The molecule has 5 nitrogen and oxygen atoms in total. The molecule has 0 amide bonds. The number of ketones is 1. The minimum Gasteiger partial charge on any atom is -0.505 e. The van der Waals surface area contributed by atoms with Crippen molar-refractivity contribution in [2.45, 2.75) is 4.90 Å². The van der Waals surface area contributed by atoms with Crippen LogP contribution in [-0.4, -0.2) is 19.3 Å². The first-order valence-electron chi connectivity index (χ1n) is 9.15. The number of benzene rings is 3. The maximum atomic E-state index is 14.1. The highest BCUT2D eigenvalue weighted by molar-refractivity contribution is 7.92. The molecule has 0 saturated heterocycles. The maximum Gasteiger partial charge on any atom is 0.261 e. The quantitative estimate of drug-likeness (QED) is 0.389. The number of nitrogens with one attached hydrogen (secondary N) is 1. The Balaban J connectivity index is 1.60. The first kappa shape index (κ1) is 20.8. The molecule has 0 atom stereocenters. The molecule has 0 aliphatic carbocycles. The second-order valence-corrected chi connectivity index (χ2v) is 9.40. The molecule has 3 aromatic carbocycles. The van der Waals surface area contributed by atoms with Crippen molar-refractivity contribution in [3.63, 3.8) is 0 Å². The van der Waals surface area contributed by atoms with Gasteiger partial charge in [-0.15, -0.1) is 11.3 Å². The number of hydrogen-bond acceptors (Lipinski definition) is 5. The molecule has 1 heterocycles. The van der Waals surface area contributed by atoms with Gasteiger partial charge in [0.2, 0.25) is 5.78 Å². The lowest BCUT2D eigenvalue weighted by atomic mass is 10.1. The van der Waals surface area contributed by atoms with Crippen molar-refractivity contribution in [2.24, 2.45) is 0 Å². The van der Waals surface area contributed by atoms with E-state index in [9.17, 15) is 22.7 Å². The summed E-state index contributed by atoms with van der Waals surface area (Å²) in [6.45, 7) is 0. The van der Waals surface area contributed by atoms with Gasteiger partial charge in [0.25, 0.3) is 10.0 Å². The summed E-state index contributed by atoms with van der Waals surface area (Å²) < 4.78 is 41.7. The monoisotopic (exact) mass is 453 g/mol. The third kappa shape index (κ3) is 4.35. The SMILES string of the molecule is O=C(c1ccc(-c2cccc(NS(=O)(=O)c3ccccc3)c2)s1)c1cccc(O)c1F. The van der Waals surface area contributed by atoms with E-state index in [-0.39, 0.29) is 10.5 Å². The lowest BCUT2D eigenvalue weighted by Gasteiger charge is -2.09. The Kier molecular flexibility index (Phi) is 5.58. The number of carbonyl (C=O) groups is 1. The normalized spacial score (nSPS) is 11.3. The molecule has 156 valence electrons. The molecule has 0 bridgehead atoms. The van der Waals surface area contributed by atoms with E-state index in [0.29, 0.717) is 21.0 Å². The number of rotatable bonds is 6. The van der Waals surface area contributed by atoms with E-state index in [1.807, 2.05) is 0 Å². The van der Waals surface area contributed by atoms with E-state index in [2.05, 4.69) is 4.72 Å². The summed E-state index contributed by atoms with van der Waals surface area (Å²) in [6, 6.07) is 22.0. The van der Waals surface area contributed by atoms with Crippen molar-refractivity contribution in [1.29, 1.82) is 0 Å². The predicted octanol–water partition coefficient (Wildman–Crippen LogP) is 5.29. The topological polar surface area (TPSA) is 83.5 Å². The highest BCUT2D eigenvalue weighted by Gasteiger charge is 2.19. The van der Waals surface area contributed by atoms with Crippen LogP contribution < -0.4 is 4.72 Å².